The van der Waals surface area contributed by atoms with Crippen LogP contribution < -0.4 is 10.1 Å². The molecule has 2 heterocycles. The predicted molar refractivity (Wildman–Crippen MR) is 109 cm³/mol. The summed E-state index contributed by atoms with van der Waals surface area (Å²) in [6, 6.07) is 7.92. The average Bonchev–Trinajstić information content (AvgIpc) is 2.77. The molecule has 1 aliphatic heterocycles. The molecule has 2 aliphatic rings. The van der Waals surface area contributed by atoms with E-state index in [4.69, 9.17) is 4.74 Å². The first-order valence-corrected chi connectivity index (χ1v) is 10.1. The van der Waals surface area contributed by atoms with Crippen molar-refractivity contribution in [1.82, 2.24) is 15.3 Å². The van der Waals surface area contributed by atoms with Crippen molar-refractivity contribution in [3.05, 3.63) is 60.2 Å². The lowest BCUT2D eigenvalue weighted by Gasteiger charge is -2.45. The van der Waals surface area contributed by atoms with Gasteiger partial charge in [-0.1, -0.05) is 25.0 Å². The summed E-state index contributed by atoms with van der Waals surface area (Å²) in [5.41, 5.74) is 1.75. The number of aromatic nitrogens is 2. The fourth-order valence-electron chi connectivity index (χ4n) is 4.70. The molecule has 1 aromatic carbocycles. The molecule has 0 radical (unpaired) electrons. The normalized spacial score (nSPS) is 26.6. The van der Waals surface area contributed by atoms with E-state index >= 15 is 0 Å². The number of nitrogens with one attached hydrogen (secondary N) is 1. The Labute approximate surface area is 170 Å². The van der Waals surface area contributed by atoms with E-state index in [1.54, 1.807) is 25.6 Å². The molecule has 4 atom stereocenters. The Kier molecular flexibility index (Phi) is 5.69. The minimum absolute atomic E-state index is 0.135. The number of rotatable bonds is 5. The smallest absolute Gasteiger partial charge is 0.231 e. The number of hydrogen-bond donors (Lipinski definition) is 1. The SMILES string of the molecule is COc1ccc(C2C(C(=O)/C=C/c3cncnc3)C(=O)NC3CCCCC32)cc1. The molecule has 6 heteroatoms. The summed E-state index contributed by atoms with van der Waals surface area (Å²) in [5.74, 6) is -0.199. The quantitative estimate of drug-likeness (QED) is 0.625. The first-order valence-electron chi connectivity index (χ1n) is 10.1. The molecule has 2 aromatic rings. The Morgan fingerprint density at radius 3 is 2.59 bits per heavy atom. The molecule has 0 spiro atoms. The summed E-state index contributed by atoms with van der Waals surface area (Å²) >= 11 is 0. The maximum atomic E-state index is 13.2. The zero-order chi connectivity index (χ0) is 20.2. The number of fused-ring (bicyclic) bond motifs is 1. The van der Waals surface area contributed by atoms with Crippen molar-refractivity contribution in [1.29, 1.82) is 0 Å². The minimum atomic E-state index is -0.733. The molecular formula is C23H25N3O3. The standard InChI is InChI=1S/C23H25N3O3/c1-29-17-9-7-16(8-10-17)21-18-4-2-3-5-19(18)26-23(28)22(21)20(27)11-6-15-12-24-14-25-13-15/h6-14,18-19,21-22H,2-5H2,1H3,(H,26,28)/b11-6+. The molecule has 4 rings (SSSR count). The summed E-state index contributed by atoms with van der Waals surface area (Å²) in [7, 11) is 1.63. The van der Waals surface area contributed by atoms with Gasteiger partial charge in [0.15, 0.2) is 5.78 Å². The van der Waals surface area contributed by atoms with Gasteiger partial charge in [0, 0.05) is 29.9 Å². The van der Waals surface area contributed by atoms with E-state index in [9.17, 15) is 9.59 Å². The lowest BCUT2D eigenvalue weighted by molar-refractivity contribution is -0.137. The van der Waals surface area contributed by atoms with Gasteiger partial charge in [0.1, 0.15) is 18.0 Å². The number of ether oxygens (including phenoxy) is 1. The predicted octanol–water partition coefficient (Wildman–Crippen LogP) is 3.16. The maximum Gasteiger partial charge on any atom is 0.231 e. The van der Waals surface area contributed by atoms with E-state index in [0.717, 1.165) is 42.6 Å². The second-order valence-electron chi connectivity index (χ2n) is 7.75. The molecule has 1 aromatic heterocycles. The van der Waals surface area contributed by atoms with Crippen LogP contribution in [0.1, 0.15) is 42.7 Å². The van der Waals surface area contributed by atoms with Gasteiger partial charge in [-0.15, -0.1) is 0 Å². The number of ketones is 1. The van der Waals surface area contributed by atoms with Crippen LogP contribution in [0.15, 0.2) is 49.1 Å². The largest absolute Gasteiger partial charge is 0.497 e. The van der Waals surface area contributed by atoms with E-state index in [-0.39, 0.29) is 29.6 Å². The molecule has 1 aliphatic carbocycles. The number of benzene rings is 1. The molecule has 2 fully saturated rings. The number of carbonyl (C=O) groups excluding carboxylic acids is 2. The van der Waals surface area contributed by atoms with Crippen molar-refractivity contribution >= 4 is 17.8 Å². The highest BCUT2D eigenvalue weighted by Crippen LogP contribution is 2.44. The van der Waals surface area contributed by atoms with E-state index in [1.807, 2.05) is 24.3 Å². The summed E-state index contributed by atoms with van der Waals surface area (Å²) in [6.45, 7) is 0. The Morgan fingerprint density at radius 2 is 1.86 bits per heavy atom. The average molecular weight is 391 g/mol. The number of amides is 1. The van der Waals surface area contributed by atoms with Crippen molar-refractivity contribution in [2.75, 3.05) is 7.11 Å². The van der Waals surface area contributed by atoms with Crippen LogP contribution in [0, 0.1) is 11.8 Å². The third kappa shape index (κ3) is 4.06. The fraction of sp³-hybridized carbons (Fsp3) is 0.391. The van der Waals surface area contributed by atoms with Gasteiger partial charge in [0.05, 0.1) is 7.11 Å². The third-order valence-electron chi connectivity index (χ3n) is 6.08. The van der Waals surface area contributed by atoms with Crippen LogP contribution in [0.2, 0.25) is 0 Å². The molecule has 29 heavy (non-hydrogen) atoms. The van der Waals surface area contributed by atoms with Gasteiger partial charge >= 0.3 is 0 Å². The molecular weight excluding hydrogens is 366 g/mol. The fourth-order valence-corrected chi connectivity index (χ4v) is 4.70. The van der Waals surface area contributed by atoms with Gasteiger partial charge in [0.25, 0.3) is 0 Å². The van der Waals surface area contributed by atoms with E-state index in [1.165, 1.54) is 12.4 Å². The van der Waals surface area contributed by atoms with Crippen molar-refractivity contribution in [3.63, 3.8) is 0 Å². The van der Waals surface area contributed by atoms with Gasteiger partial charge < -0.3 is 10.1 Å². The summed E-state index contributed by atoms with van der Waals surface area (Å²) in [4.78, 5) is 34.1. The summed E-state index contributed by atoms with van der Waals surface area (Å²) in [6.07, 6.45) is 12.1. The van der Waals surface area contributed by atoms with Gasteiger partial charge in [-0.05, 0) is 48.6 Å². The highest BCUT2D eigenvalue weighted by atomic mass is 16.5. The van der Waals surface area contributed by atoms with Crippen LogP contribution in [0.5, 0.6) is 5.75 Å². The van der Waals surface area contributed by atoms with Crippen molar-refractivity contribution < 1.29 is 14.3 Å². The lowest BCUT2D eigenvalue weighted by atomic mass is 9.64. The Bertz CT molecular complexity index is 895. The third-order valence-corrected chi connectivity index (χ3v) is 6.08. The molecule has 1 amide bonds. The summed E-state index contributed by atoms with van der Waals surface area (Å²) in [5, 5.41) is 3.13. The monoisotopic (exact) mass is 391 g/mol. The van der Waals surface area contributed by atoms with Crippen LogP contribution in [-0.2, 0) is 9.59 Å². The molecule has 1 N–H and O–H groups in total. The van der Waals surface area contributed by atoms with Crippen LogP contribution in [0.25, 0.3) is 6.08 Å². The first kappa shape index (κ1) is 19.3. The number of allylic oxidation sites excluding steroid dienone is 1. The van der Waals surface area contributed by atoms with Crippen LogP contribution >= 0.6 is 0 Å². The number of hydrogen-bond acceptors (Lipinski definition) is 5. The Morgan fingerprint density at radius 1 is 1.14 bits per heavy atom. The Balaban J connectivity index is 1.67. The molecule has 150 valence electrons. The van der Waals surface area contributed by atoms with E-state index in [0.29, 0.717) is 0 Å². The van der Waals surface area contributed by atoms with Crippen molar-refractivity contribution in [2.24, 2.45) is 11.8 Å². The van der Waals surface area contributed by atoms with E-state index in [2.05, 4.69) is 15.3 Å². The molecule has 0 bridgehead atoms. The topological polar surface area (TPSA) is 81.2 Å². The number of piperidine rings is 1. The van der Waals surface area contributed by atoms with Gasteiger partial charge in [0.2, 0.25) is 5.91 Å². The first-order chi connectivity index (χ1) is 14.2. The second kappa shape index (κ2) is 8.55. The Hall–Kier alpha value is -3.02. The lowest BCUT2D eigenvalue weighted by Crippen LogP contribution is -2.56. The van der Waals surface area contributed by atoms with Gasteiger partial charge in [-0.2, -0.15) is 0 Å². The minimum Gasteiger partial charge on any atom is -0.497 e. The molecule has 1 saturated carbocycles. The zero-order valence-electron chi connectivity index (χ0n) is 16.5. The van der Waals surface area contributed by atoms with Crippen LogP contribution in [-0.4, -0.2) is 34.8 Å². The highest BCUT2D eigenvalue weighted by Gasteiger charge is 2.47. The highest BCUT2D eigenvalue weighted by molar-refractivity contribution is 6.09. The zero-order valence-corrected chi connectivity index (χ0v) is 16.5. The second-order valence-corrected chi connectivity index (χ2v) is 7.75. The summed E-state index contributed by atoms with van der Waals surface area (Å²) < 4.78 is 5.28. The van der Waals surface area contributed by atoms with Crippen molar-refractivity contribution in [3.8, 4) is 5.75 Å². The number of carbonyl (C=O) groups is 2. The van der Waals surface area contributed by atoms with Crippen LogP contribution in [0.3, 0.4) is 0 Å². The van der Waals surface area contributed by atoms with Gasteiger partial charge in [-0.25, -0.2) is 9.97 Å². The van der Waals surface area contributed by atoms with Crippen molar-refractivity contribution in [2.45, 2.75) is 37.6 Å². The van der Waals surface area contributed by atoms with E-state index < -0.39 is 5.92 Å². The number of methoxy groups -OCH3 is 1. The van der Waals surface area contributed by atoms with Gasteiger partial charge in [-0.3, -0.25) is 9.59 Å². The molecule has 6 nitrogen and oxygen atoms in total. The van der Waals surface area contributed by atoms with Crippen LogP contribution in [0.4, 0.5) is 0 Å². The molecule has 4 unspecified atom stereocenters. The molecule has 1 saturated heterocycles. The number of nitrogens with zero attached hydrogens (tertiary/aromatic N) is 2. The maximum absolute atomic E-state index is 13.2.